The van der Waals surface area contributed by atoms with Crippen molar-refractivity contribution < 1.29 is 14.6 Å². The van der Waals surface area contributed by atoms with Gasteiger partial charge in [-0.05, 0) is 49.1 Å². The summed E-state index contributed by atoms with van der Waals surface area (Å²) in [5.41, 5.74) is 1.97. The summed E-state index contributed by atoms with van der Waals surface area (Å²) in [6.07, 6.45) is 6.71. The first-order valence-corrected chi connectivity index (χ1v) is 6.39. The highest BCUT2D eigenvalue weighted by atomic mass is 16.5. The van der Waals surface area contributed by atoms with Crippen LogP contribution < -0.4 is 4.74 Å². The van der Waals surface area contributed by atoms with Crippen LogP contribution in [0.15, 0.2) is 36.8 Å². The number of carboxylic acid groups (broad SMARTS) is 1. The SMILES string of the molecule is Cc1ccnc(OCCCc2ccncc2)c1C(=O)O. The number of nitrogens with zero attached hydrogens (tertiary/aromatic N) is 2. The van der Waals surface area contributed by atoms with Gasteiger partial charge in [0.15, 0.2) is 0 Å². The van der Waals surface area contributed by atoms with Crippen molar-refractivity contribution in [1.82, 2.24) is 9.97 Å². The van der Waals surface area contributed by atoms with Gasteiger partial charge in [-0.15, -0.1) is 0 Å². The minimum Gasteiger partial charge on any atom is -0.477 e. The van der Waals surface area contributed by atoms with Crippen LogP contribution in [0.1, 0.15) is 27.9 Å². The second kappa shape index (κ2) is 6.65. The van der Waals surface area contributed by atoms with E-state index < -0.39 is 5.97 Å². The smallest absolute Gasteiger partial charge is 0.341 e. The zero-order valence-electron chi connectivity index (χ0n) is 11.2. The number of pyridine rings is 2. The number of aryl methyl sites for hydroxylation is 2. The first-order valence-electron chi connectivity index (χ1n) is 6.39. The number of hydrogen-bond acceptors (Lipinski definition) is 4. The zero-order valence-corrected chi connectivity index (χ0v) is 11.2. The maximum Gasteiger partial charge on any atom is 0.341 e. The van der Waals surface area contributed by atoms with Crippen molar-refractivity contribution in [3.8, 4) is 5.88 Å². The zero-order chi connectivity index (χ0) is 14.4. The van der Waals surface area contributed by atoms with Crippen molar-refractivity contribution in [2.45, 2.75) is 19.8 Å². The van der Waals surface area contributed by atoms with Gasteiger partial charge in [0, 0.05) is 18.6 Å². The van der Waals surface area contributed by atoms with E-state index in [1.807, 2.05) is 12.1 Å². The molecule has 0 aromatic carbocycles. The van der Waals surface area contributed by atoms with Crippen LogP contribution in [-0.4, -0.2) is 27.7 Å². The largest absolute Gasteiger partial charge is 0.477 e. The molecular weight excluding hydrogens is 256 g/mol. The number of carbonyl (C=O) groups is 1. The Labute approximate surface area is 117 Å². The fourth-order valence-corrected chi connectivity index (χ4v) is 1.90. The highest BCUT2D eigenvalue weighted by molar-refractivity contribution is 5.91. The minimum absolute atomic E-state index is 0.136. The lowest BCUT2D eigenvalue weighted by molar-refractivity contribution is 0.0690. The van der Waals surface area contributed by atoms with Crippen LogP contribution in [0.5, 0.6) is 5.88 Å². The van der Waals surface area contributed by atoms with Crippen LogP contribution in [0, 0.1) is 6.92 Å². The quantitative estimate of drug-likeness (QED) is 0.818. The fraction of sp³-hybridized carbons (Fsp3) is 0.267. The van der Waals surface area contributed by atoms with Crippen LogP contribution in [0.3, 0.4) is 0 Å². The van der Waals surface area contributed by atoms with E-state index in [9.17, 15) is 4.79 Å². The van der Waals surface area contributed by atoms with Gasteiger partial charge >= 0.3 is 5.97 Å². The van der Waals surface area contributed by atoms with Crippen LogP contribution in [0.4, 0.5) is 0 Å². The maximum absolute atomic E-state index is 11.2. The lowest BCUT2D eigenvalue weighted by atomic mass is 10.1. The summed E-state index contributed by atoms with van der Waals surface area (Å²) in [5, 5.41) is 9.15. The van der Waals surface area contributed by atoms with Gasteiger partial charge in [-0.1, -0.05) is 0 Å². The average Bonchev–Trinajstić information content (AvgIpc) is 2.44. The molecule has 0 aliphatic heterocycles. The van der Waals surface area contributed by atoms with E-state index in [4.69, 9.17) is 9.84 Å². The Morgan fingerprint density at radius 1 is 1.25 bits per heavy atom. The lowest BCUT2D eigenvalue weighted by Crippen LogP contribution is -2.08. The summed E-state index contributed by atoms with van der Waals surface area (Å²) in [4.78, 5) is 19.1. The molecule has 0 aliphatic carbocycles. The number of carboxylic acids is 1. The summed E-state index contributed by atoms with van der Waals surface area (Å²) in [7, 11) is 0. The second-order valence-electron chi connectivity index (χ2n) is 4.42. The first kappa shape index (κ1) is 14.0. The number of rotatable bonds is 6. The molecule has 2 aromatic rings. The molecule has 5 heteroatoms. The van der Waals surface area contributed by atoms with E-state index >= 15 is 0 Å². The Balaban J connectivity index is 1.92. The third-order valence-corrected chi connectivity index (χ3v) is 2.94. The topological polar surface area (TPSA) is 72.3 Å². The Kier molecular flexibility index (Phi) is 4.65. The summed E-state index contributed by atoms with van der Waals surface area (Å²) in [6, 6.07) is 5.56. The molecular formula is C15H16N2O3. The highest BCUT2D eigenvalue weighted by Gasteiger charge is 2.15. The first-order chi connectivity index (χ1) is 9.68. The van der Waals surface area contributed by atoms with E-state index in [0.717, 1.165) is 12.8 Å². The number of aromatic carboxylic acids is 1. The summed E-state index contributed by atoms with van der Waals surface area (Å²) >= 11 is 0. The number of aromatic nitrogens is 2. The Hall–Kier alpha value is -2.43. The molecule has 2 rings (SSSR count). The predicted octanol–water partition coefficient (Wildman–Crippen LogP) is 2.49. The van der Waals surface area contributed by atoms with Crippen molar-refractivity contribution in [3.05, 3.63) is 53.5 Å². The monoisotopic (exact) mass is 272 g/mol. The third-order valence-electron chi connectivity index (χ3n) is 2.94. The standard InChI is InChI=1S/C15H16N2O3/c1-11-4-9-17-14(13(11)15(18)19)20-10-2-3-12-5-7-16-8-6-12/h4-9H,2-3,10H2,1H3,(H,18,19). The van der Waals surface area contributed by atoms with Gasteiger partial charge in [0.05, 0.1) is 6.61 Å². The van der Waals surface area contributed by atoms with Gasteiger partial charge in [-0.3, -0.25) is 4.98 Å². The summed E-state index contributed by atoms with van der Waals surface area (Å²) in [6.45, 7) is 2.16. The van der Waals surface area contributed by atoms with Gasteiger partial charge < -0.3 is 9.84 Å². The van der Waals surface area contributed by atoms with Crippen LogP contribution in [-0.2, 0) is 6.42 Å². The molecule has 0 fully saturated rings. The second-order valence-corrected chi connectivity index (χ2v) is 4.42. The lowest BCUT2D eigenvalue weighted by Gasteiger charge is -2.09. The molecule has 0 radical (unpaired) electrons. The van der Waals surface area contributed by atoms with Crippen molar-refractivity contribution in [1.29, 1.82) is 0 Å². The van der Waals surface area contributed by atoms with Gasteiger partial charge in [0.1, 0.15) is 5.56 Å². The minimum atomic E-state index is -1.01. The van der Waals surface area contributed by atoms with E-state index in [-0.39, 0.29) is 11.4 Å². The molecule has 0 unspecified atom stereocenters. The van der Waals surface area contributed by atoms with E-state index in [1.54, 1.807) is 31.6 Å². The molecule has 5 nitrogen and oxygen atoms in total. The molecule has 0 saturated heterocycles. The molecule has 0 spiro atoms. The summed E-state index contributed by atoms with van der Waals surface area (Å²) < 4.78 is 5.49. The van der Waals surface area contributed by atoms with Crippen LogP contribution in [0.2, 0.25) is 0 Å². The van der Waals surface area contributed by atoms with E-state index in [0.29, 0.717) is 12.2 Å². The molecule has 20 heavy (non-hydrogen) atoms. The Bertz CT molecular complexity index is 585. The van der Waals surface area contributed by atoms with Crippen molar-refractivity contribution in [2.24, 2.45) is 0 Å². The van der Waals surface area contributed by atoms with Crippen molar-refractivity contribution in [2.75, 3.05) is 6.61 Å². The number of hydrogen-bond donors (Lipinski definition) is 1. The molecule has 0 saturated carbocycles. The molecule has 2 heterocycles. The predicted molar refractivity (Wildman–Crippen MR) is 74.0 cm³/mol. The molecule has 0 amide bonds. The summed E-state index contributed by atoms with van der Waals surface area (Å²) in [5.74, 6) is -0.827. The van der Waals surface area contributed by atoms with Crippen LogP contribution >= 0.6 is 0 Å². The number of ether oxygens (including phenoxy) is 1. The molecule has 104 valence electrons. The Morgan fingerprint density at radius 2 is 2.00 bits per heavy atom. The highest BCUT2D eigenvalue weighted by Crippen LogP contribution is 2.19. The van der Waals surface area contributed by atoms with Gasteiger partial charge in [-0.2, -0.15) is 0 Å². The molecule has 0 aliphatic rings. The van der Waals surface area contributed by atoms with E-state index in [2.05, 4.69) is 9.97 Å². The molecule has 0 atom stereocenters. The average molecular weight is 272 g/mol. The molecule has 2 aromatic heterocycles. The van der Waals surface area contributed by atoms with Gasteiger partial charge in [-0.25, -0.2) is 9.78 Å². The van der Waals surface area contributed by atoms with Gasteiger partial charge in [0.25, 0.3) is 0 Å². The molecule has 0 bridgehead atoms. The van der Waals surface area contributed by atoms with Gasteiger partial charge in [0.2, 0.25) is 5.88 Å². The third kappa shape index (κ3) is 3.54. The maximum atomic E-state index is 11.2. The Morgan fingerprint density at radius 3 is 2.70 bits per heavy atom. The van der Waals surface area contributed by atoms with Crippen LogP contribution in [0.25, 0.3) is 0 Å². The van der Waals surface area contributed by atoms with Crippen molar-refractivity contribution in [3.63, 3.8) is 0 Å². The molecule has 1 N–H and O–H groups in total. The normalized spacial score (nSPS) is 10.2. The van der Waals surface area contributed by atoms with Crippen molar-refractivity contribution >= 4 is 5.97 Å². The fourth-order valence-electron chi connectivity index (χ4n) is 1.90. The van der Waals surface area contributed by atoms with E-state index in [1.165, 1.54) is 5.56 Å².